The number of methoxy groups -OCH3 is 1. The van der Waals surface area contributed by atoms with Gasteiger partial charge in [0, 0.05) is 12.5 Å². The molecule has 0 spiro atoms. The van der Waals surface area contributed by atoms with Gasteiger partial charge in [-0.25, -0.2) is 4.79 Å². The number of carbonyl (C=O) groups is 2. The van der Waals surface area contributed by atoms with Crippen molar-refractivity contribution in [1.82, 2.24) is 4.90 Å². The third-order valence-electron chi connectivity index (χ3n) is 3.95. The average Bonchev–Trinajstić information content (AvgIpc) is 2.57. The monoisotopic (exact) mass is 239 g/mol. The fourth-order valence-corrected chi connectivity index (χ4v) is 3.06. The van der Waals surface area contributed by atoms with Crippen molar-refractivity contribution in [3.05, 3.63) is 0 Å². The largest absolute Gasteiger partial charge is 0.467 e. The van der Waals surface area contributed by atoms with Gasteiger partial charge in [0.25, 0.3) is 0 Å². The third-order valence-corrected chi connectivity index (χ3v) is 3.95. The van der Waals surface area contributed by atoms with Gasteiger partial charge in [-0.3, -0.25) is 4.79 Å². The van der Waals surface area contributed by atoms with Crippen LogP contribution in [0.1, 0.15) is 51.4 Å². The van der Waals surface area contributed by atoms with Crippen LogP contribution in [0, 0.1) is 0 Å². The maximum atomic E-state index is 11.9. The molecular weight excluding hydrogens is 218 g/mol. The number of amides is 1. The lowest BCUT2D eigenvalue weighted by Gasteiger charge is -2.31. The molecule has 0 N–H and O–H groups in total. The second-order valence-corrected chi connectivity index (χ2v) is 5.02. The number of carbonyl (C=O) groups excluding carboxylic acids is 2. The predicted molar refractivity (Wildman–Crippen MR) is 63.4 cm³/mol. The maximum Gasteiger partial charge on any atom is 0.328 e. The topological polar surface area (TPSA) is 46.6 Å². The summed E-state index contributed by atoms with van der Waals surface area (Å²) in [5.41, 5.74) is 0. The number of ether oxygens (including phenoxy) is 1. The average molecular weight is 239 g/mol. The molecule has 1 amide bonds. The van der Waals surface area contributed by atoms with Gasteiger partial charge in [-0.15, -0.1) is 0 Å². The van der Waals surface area contributed by atoms with Crippen molar-refractivity contribution in [2.45, 2.75) is 63.5 Å². The van der Waals surface area contributed by atoms with E-state index in [-0.39, 0.29) is 24.0 Å². The predicted octanol–water partition coefficient (Wildman–Crippen LogP) is 1.87. The van der Waals surface area contributed by atoms with Crippen LogP contribution < -0.4 is 0 Å². The summed E-state index contributed by atoms with van der Waals surface area (Å²) >= 11 is 0. The first-order valence-corrected chi connectivity index (χ1v) is 6.63. The van der Waals surface area contributed by atoms with Crippen LogP contribution in [-0.4, -0.2) is 36.0 Å². The zero-order valence-electron chi connectivity index (χ0n) is 10.5. The van der Waals surface area contributed by atoms with Gasteiger partial charge < -0.3 is 9.64 Å². The summed E-state index contributed by atoms with van der Waals surface area (Å²) < 4.78 is 4.80. The molecule has 0 aromatic rings. The van der Waals surface area contributed by atoms with Crippen molar-refractivity contribution >= 4 is 11.9 Å². The molecule has 4 heteroatoms. The fourth-order valence-electron chi connectivity index (χ4n) is 3.06. The van der Waals surface area contributed by atoms with Gasteiger partial charge in [0.15, 0.2) is 0 Å². The van der Waals surface area contributed by atoms with Crippen LogP contribution in [0.15, 0.2) is 0 Å². The Bertz CT molecular complexity index is 295. The Labute approximate surface area is 102 Å². The Kier molecular flexibility index (Phi) is 4.02. The van der Waals surface area contributed by atoms with Crippen molar-refractivity contribution in [2.24, 2.45) is 0 Å². The normalized spacial score (nSPS) is 27.0. The minimum absolute atomic E-state index is 0.132. The minimum atomic E-state index is -0.324. The molecule has 1 aliphatic heterocycles. The Morgan fingerprint density at radius 3 is 2.41 bits per heavy atom. The van der Waals surface area contributed by atoms with E-state index in [0.717, 1.165) is 12.8 Å². The van der Waals surface area contributed by atoms with Crippen molar-refractivity contribution in [1.29, 1.82) is 0 Å². The molecule has 1 aliphatic carbocycles. The third kappa shape index (κ3) is 2.61. The summed E-state index contributed by atoms with van der Waals surface area (Å²) in [6.07, 6.45) is 8.05. The molecular formula is C13H21NO3. The highest BCUT2D eigenvalue weighted by Crippen LogP contribution is 2.29. The van der Waals surface area contributed by atoms with Gasteiger partial charge in [0.05, 0.1) is 7.11 Å². The van der Waals surface area contributed by atoms with E-state index in [4.69, 9.17) is 4.74 Å². The number of nitrogens with zero attached hydrogens (tertiary/aromatic N) is 1. The highest BCUT2D eigenvalue weighted by atomic mass is 16.5. The number of hydrogen-bond acceptors (Lipinski definition) is 3. The van der Waals surface area contributed by atoms with E-state index in [9.17, 15) is 9.59 Å². The van der Waals surface area contributed by atoms with E-state index in [1.807, 2.05) is 4.90 Å². The molecule has 17 heavy (non-hydrogen) atoms. The molecule has 0 aromatic heterocycles. The van der Waals surface area contributed by atoms with E-state index in [0.29, 0.717) is 12.8 Å². The minimum Gasteiger partial charge on any atom is -0.467 e. The molecule has 0 bridgehead atoms. The van der Waals surface area contributed by atoms with E-state index in [1.54, 1.807) is 0 Å². The molecule has 1 heterocycles. The fraction of sp³-hybridized carbons (Fsp3) is 0.846. The molecule has 1 atom stereocenters. The standard InChI is InChI=1S/C13H21NO3/c1-17-13(16)11-8-9-12(15)14(11)10-6-4-2-3-5-7-10/h10-11H,2-9H2,1H3. The molecule has 96 valence electrons. The van der Waals surface area contributed by atoms with Crippen LogP contribution in [0.25, 0.3) is 0 Å². The Morgan fingerprint density at radius 2 is 1.82 bits per heavy atom. The van der Waals surface area contributed by atoms with Gasteiger partial charge in [-0.05, 0) is 19.3 Å². The molecule has 0 aromatic carbocycles. The van der Waals surface area contributed by atoms with Crippen LogP contribution in [-0.2, 0) is 14.3 Å². The molecule has 1 unspecified atom stereocenters. The van der Waals surface area contributed by atoms with Crippen LogP contribution in [0.4, 0.5) is 0 Å². The van der Waals surface area contributed by atoms with Gasteiger partial charge in [0.2, 0.25) is 5.91 Å². The highest BCUT2D eigenvalue weighted by Gasteiger charge is 2.40. The Balaban J connectivity index is 2.09. The van der Waals surface area contributed by atoms with Crippen molar-refractivity contribution in [3.63, 3.8) is 0 Å². The lowest BCUT2D eigenvalue weighted by molar-refractivity contribution is -0.151. The molecule has 2 fully saturated rings. The lowest BCUT2D eigenvalue weighted by Crippen LogP contribution is -2.45. The van der Waals surface area contributed by atoms with Gasteiger partial charge in [0.1, 0.15) is 6.04 Å². The van der Waals surface area contributed by atoms with Crippen molar-refractivity contribution in [3.8, 4) is 0 Å². The second kappa shape index (κ2) is 5.52. The summed E-state index contributed by atoms with van der Waals surface area (Å²) in [5.74, 6) is -0.118. The summed E-state index contributed by atoms with van der Waals surface area (Å²) in [7, 11) is 1.40. The number of esters is 1. The summed E-state index contributed by atoms with van der Waals surface area (Å²) in [4.78, 5) is 25.4. The molecule has 2 aliphatic rings. The molecule has 2 rings (SSSR count). The summed E-state index contributed by atoms with van der Waals surface area (Å²) in [6.45, 7) is 0. The van der Waals surface area contributed by atoms with Crippen LogP contribution in [0.5, 0.6) is 0 Å². The lowest BCUT2D eigenvalue weighted by atomic mass is 10.1. The number of likely N-dealkylation sites (tertiary alicyclic amines) is 1. The van der Waals surface area contributed by atoms with Crippen LogP contribution in [0.2, 0.25) is 0 Å². The molecule has 4 nitrogen and oxygen atoms in total. The summed E-state index contributed by atoms with van der Waals surface area (Å²) in [5, 5.41) is 0. The molecule has 0 radical (unpaired) electrons. The zero-order chi connectivity index (χ0) is 12.3. The Morgan fingerprint density at radius 1 is 1.18 bits per heavy atom. The smallest absolute Gasteiger partial charge is 0.328 e. The Hall–Kier alpha value is -1.06. The zero-order valence-corrected chi connectivity index (χ0v) is 10.5. The quantitative estimate of drug-likeness (QED) is 0.546. The van der Waals surface area contributed by atoms with E-state index < -0.39 is 0 Å². The first-order valence-electron chi connectivity index (χ1n) is 6.63. The van der Waals surface area contributed by atoms with Crippen LogP contribution in [0.3, 0.4) is 0 Å². The number of rotatable bonds is 2. The van der Waals surface area contributed by atoms with Crippen molar-refractivity contribution in [2.75, 3.05) is 7.11 Å². The van der Waals surface area contributed by atoms with Gasteiger partial charge in [-0.1, -0.05) is 25.7 Å². The number of hydrogen-bond donors (Lipinski definition) is 0. The first-order chi connectivity index (χ1) is 8.24. The highest BCUT2D eigenvalue weighted by molar-refractivity contribution is 5.88. The van der Waals surface area contributed by atoms with E-state index in [1.165, 1.54) is 32.8 Å². The molecule has 1 saturated heterocycles. The molecule has 1 saturated carbocycles. The van der Waals surface area contributed by atoms with E-state index >= 15 is 0 Å². The SMILES string of the molecule is COC(=O)C1CCC(=O)N1C1CCCCCC1. The van der Waals surface area contributed by atoms with Gasteiger partial charge >= 0.3 is 5.97 Å². The van der Waals surface area contributed by atoms with Gasteiger partial charge in [-0.2, -0.15) is 0 Å². The van der Waals surface area contributed by atoms with Crippen molar-refractivity contribution < 1.29 is 14.3 Å². The van der Waals surface area contributed by atoms with E-state index in [2.05, 4.69) is 0 Å². The maximum absolute atomic E-state index is 11.9. The van der Waals surface area contributed by atoms with Crippen LogP contribution >= 0.6 is 0 Å². The second-order valence-electron chi connectivity index (χ2n) is 5.02. The first kappa shape index (κ1) is 12.4. The summed E-state index contributed by atoms with van der Waals surface area (Å²) in [6, 6.07) is -0.0628.